The SMILES string of the molecule is N[C@H](c1cc[nH]c1O)C1CC1. The molecule has 1 aliphatic carbocycles. The number of aromatic amines is 1. The first-order valence-electron chi connectivity index (χ1n) is 3.91. The zero-order valence-corrected chi connectivity index (χ0v) is 6.25. The molecule has 1 aromatic heterocycles. The number of hydrogen-bond donors (Lipinski definition) is 3. The van der Waals surface area contributed by atoms with Crippen LogP contribution < -0.4 is 5.73 Å². The lowest BCUT2D eigenvalue weighted by molar-refractivity contribution is 0.440. The summed E-state index contributed by atoms with van der Waals surface area (Å²) in [5, 5.41) is 9.26. The van der Waals surface area contributed by atoms with Crippen molar-refractivity contribution in [2.45, 2.75) is 18.9 Å². The first kappa shape index (κ1) is 6.73. The van der Waals surface area contributed by atoms with Crippen LogP contribution >= 0.6 is 0 Å². The first-order chi connectivity index (χ1) is 5.29. The van der Waals surface area contributed by atoms with E-state index in [9.17, 15) is 5.11 Å². The molecule has 60 valence electrons. The van der Waals surface area contributed by atoms with E-state index in [2.05, 4.69) is 4.98 Å². The lowest BCUT2D eigenvalue weighted by Crippen LogP contribution is -2.11. The van der Waals surface area contributed by atoms with Crippen molar-refractivity contribution in [2.75, 3.05) is 0 Å². The molecule has 1 aliphatic rings. The molecule has 11 heavy (non-hydrogen) atoms. The van der Waals surface area contributed by atoms with Crippen molar-refractivity contribution in [3.05, 3.63) is 17.8 Å². The highest BCUT2D eigenvalue weighted by atomic mass is 16.3. The Labute approximate surface area is 65.2 Å². The molecule has 0 aliphatic heterocycles. The molecule has 0 bridgehead atoms. The van der Waals surface area contributed by atoms with Crippen molar-refractivity contribution in [2.24, 2.45) is 11.7 Å². The molecule has 0 unspecified atom stereocenters. The Morgan fingerprint density at radius 3 is 2.82 bits per heavy atom. The average molecular weight is 152 g/mol. The van der Waals surface area contributed by atoms with Crippen molar-refractivity contribution in [1.82, 2.24) is 4.98 Å². The van der Waals surface area contributed by atoms with E-state index in [4.69, 9.17) is 5.73 Å². The van der Waals surface area contributed by atoms with E-state index in [0.717, 1.165) is 5.56 Å². The molecule has 0 aromatic carbocycles. The molecule has 0 saturated heterocycles. The zero-order chi connectivity index (χ0) is 7.84. The van der Waals surface area contributed by atoms with E-state index in [1.165, 1.54) is 12.8 Å². The van der Waals surface area contributed by atoms with Gasteiger partial charge in [-0.1, -0.05) is 0 Å². The van der Waals surface area contributed by atoms with Crippen LogP contribution in [0.1, 0.15) is 24.4 Å². The largest absolute Gasteiger partial charge is 0.494 e. The predicted octanol–water partition coefficient (Wildman–Crippen LogP) is 1.13. The van der Waals surface area contributed by atoms with Crippen molar-refractivity contribution in [3.8, 4) is 5.88 Å². The fourth-order valence-corrected chi connectivity index (χ4v) is 1.35. The fraction of sp³-hybridized carbons (Fsp3) is 0.500. The Kier molecular flexibility index (Phi) is 1.39. The Bertz CT molecular complexity index is 252. The van der Waals surface area contributed by atoms with Gasteiger partial charge in [-0.2, -0.15) is 0 Å². The van der Waals surface area contributed by atoms with Crippen LogP contribution in [0.2, 0.25) is 0 Å². The number of aromatic nitrogens is 1. The van der Waals surface area contributed by atoms with Gasteiger partial charge < -0.3 is 15.8 Å². The van der Waals surface area contributed by atoms with Gasteiger partial charge in [0, 0.05) is 17.8 Å². The third kappa shape index (κ3) is 1.12. The lowest BCUT2D eigenvalue weighted by atomic mass is 10.1. The molecule has 3 heteroatoms. The highest BCUT2D eigenvalue weighted by Crippen LogP contribution is 2.41. The smallest absolute Gasteiger partial charge is 0.193 e. The van der Waals surface area contributed by atoms with Gasteiger partial charge in [-0.3, -0.25) is 0 Å². The van der Waals surface area contributed by atoms with Crippen LogP contribution in [-0.4, -0.2) is 10.1 Å². The predicted molar refractivity (Wildman–Crippen MR) is 42.1 cm³/mol. The van der Waals surface area contributed by atoms with Gasteiger partial charge in [0.25, 0.3) is 0 Å². The van der Waals surface area contributed by atoms with Crippen molar-refractivity contribution in [1.29, 1.82) is 0 Å². The van der Waals surface area contributed by atoms with Crippen LogP contribution in [0.25, 0.3) is 0 Å². The van der Waals surface area contributed by atoms with Gasteiger partial charge in [0.15, 0.2) is 5.88 Å². The average Bonchev–Trinajstić information content (AvgIpc) is 2.74. The molecule has 4 N–H and O–H groups in total. The lowest BCUT2D eigenvalue weighted by Gasteiger charge is -2.07. The molecule has 0 radical (unpaired) electrons. The van der Waals surface area contributed by atoms with E-state index in [-0.39, 0.29) is 11.9 Å². The quantitative estimate of drug-likeness (QED) is 0.594. The molecule has 1 heterocycles. The van der Waals surface area contributed by atoms with Gasteiger partial charge in [0.05, 0.1) is 0 Å². The molecule has 1 fully saturated rings. The minimum Gasteiger partial charge on any atom is -0.494 e. The van der Waals surface area contributed by atoms with E-state index in [1.54, 1.807) is 6.20 Å². The second kappa shape index (κ2) is 2.27. The first-order valence-corrected chi connectivity index (χ1v) is 3.91. The number of nitrogens with one attached hydrogen (secondary N) is 1. The maximum Gasteiger partial charge on any atom is 0.193 e. The number of rotatable bonds is 2. The second-order valence-electron chi connectivity index (χ2n) is 3.14. The summed E-state index contributed by atoms with van der Waals surface area (Å²) in [4.78, 5) is 2.71. The van der Waals surface area contributed by atoms with Gasteiger partial charge in [0.1, 0.15) is 0 Å². The standard InChI is InChI=1S/C8H12N2O/c9-7(5-1-2-5)6-3-4-10-8(6)11/h3-5,7,10-11H,1-2,9H2/t7-/m0/s1. The van der Waals surface area contributed by atoms with Crippen molar-refractivity contribution >= 4 is 0 Å². The van der Waals surface area contributed by atoms with Gasteiger partial charge in [-0.25, -0.2) is 0 Å². The molecular formula is C8H12N2O. The molecular weight excluding hydrogens is 140 g/mol. The van der Waals surface area contributed by atoms with Crippen molar-refractivity contribution < 1.29 is 5.11 Å². The van der Waals surface area contributed by atoms with Crippen LogP contribution in [0.4, 0.5) is 0 Å². The zero-order valence-electron chi connectivity index (χ0n) is 6.25. The number of hydrogen-bond acceptors (Lipinski definition) is 2. The monoisotopic (exact) mass is 152 g/mol. The maximum absolute atomic E-state index is 9.26. The Morgan fingerprint density at radius 1 is 1.64 bits per heavy atom. The van der Waals surface area contributed by atoms with E-state index < -0.39 is 0 Å². The number of aromatic hydroxyl groups is 1. The summed E-state index contributed by atoms with van der Waals surface area (Å²) in [6.07, 6.45) is 4.12. The van der Waals surface area contributed by atoms with Gasteiger partial charge >= 0.3 is 0 Å². The topological polar surface area (TPSA) is 62.0 Å². The molecule has 0 spiro atoms. The molecule has 2 rings (SSSR count). The second-order valence-corrected chi connectivity index (χ2v) is 3.14. The van der Waals surface area contributed by atoms with Crippen LogP contribution in [0.3, 0.4) is 0 Å². The maximum atomic E-state index is 9.26. The van der Waals surface area contributed by atoms with Crippen LogP contribution in [-0.2, 0) is 0 Å². The number of H-pyrrole nitrogens is 1. The van der Waals surface area contributed by atoms with E-state index >= 15 is 0 Å². The summed E-state index contributed by atoms with van der Waals surface area (Å²) in [6, 6.07) is 1.87. The minimum atomic E-state index is 0.0289. The molecule has 3 nitrogen and oxygen atoms in total. The summed E-state index contributed by atoms with van der Waals surface area (Å²) in [5.41, 5.74) is 6.72. The Hall–Kier alpha value is -0.960. The van der Waals surface area contributed by atoms with Gasteiger partial charge in [0.2, 0.25) is 0 Å². The Morgan fingerprint density at radius 2 is 2.36 bits per heavy atom. The summed E-state index contributed by atoms with van der Waals surface area (Å²) in [7, 11) is 0. The molecule has 1 atom stereocenters. The third-order valence-electron chi connectivity index (χ3n) is 2.25. The highest BCUT2D eigenvalue weighted by molar-refractivity contribution is 5.29. The molecule has 1 aromatic rings. The summed E-state index contributed by atoms with van der Waals surface area (Å²) in [6.45, 7) is 0. The van der Waals surface area contributed by atoms with Gasteiger partial charge in [-0.15, -0.1) is 0 Å². The van der Waals surface area contributed by atoms with Crippen LogP contribution in [0.5, 0.6) is 5.88 Å². The number of nitrogens with two attached hydrogens (primary N) is 1. The fourth-order valence-electron chi connectivity index (χ4n) is 1.35. The minimum absolute atomic E-state index is 0.0289. The third-order valence-corrected chi connectivity index (χ3v) is 2.25. The van der Waals surface area contributed by atoms with Crippen LogP contribution in [0.15, 0.2) is 12.3 Å². The van der Waals surface area contributed by atoms with E-state index in [1.807, 2.05) is 6.07 Å². The van der Waals surface area contributed by atoms with E-state index in [0.29, 0.717) is 5.92 Å². The van der Waals surface area contributed by atoms with Gasteiger partial charge in [-0.05, 0) is 24.8 Å². The summed E-state index contributed by atoms with van der Waals surface area (Å²) < 4.78 is 0. The van der Waals surface area contributed by atoms with Crippen molar-refractivity contribution in [3.63, 3.8) is 0 Å². The van der Waals surface area contributed by atoms with Crippen LogP contribution in [0, 0.1) is 5.92 Å². The molecule has 1 saturated carbocycles. The highest BCUT2D eigenvalue weighted by Gasteiger charge is 2.31. The normalized spacial score (nSPS) is 20.1. The molecule has 0 amide bonds. The summed E-state index contributed by atoms with van der Waals surface area (Å²) in [5.74, 6) is 0.820. The summed E-state index contributed by atoms with van der Waals surface area (Å²) >= 11 is 0. The Balaban J connectivity index is 2.20.